The molecule has 0 bridgehead atoms. The molecule has 9 heteroatoms. The van der Waals surface area contributed by atoms with Crippen molar-refractivity contribution in [2.45, 2.75) is 10.9 Å². The van der Waals surface area contributed by atoms with Crippen LogP contribution in [-0.2, 0) is 14.8 Å². The summed E-state index contributed by atoms with van der Waals surface area (Å²) in [6, 6.07) is 2.77. The van der Waals surface area contributed by atoms with Gasteiger partial charge in [0.25, 0.3) is 0 Å². The number of nitrogens with two attached hydrogens (primary N) is 1. The Morgan fingerprint density at radius 1 is 1.58 bits per heavy atom. The summed E-state index contributed by atoms with van der Waals surface area (Å²) in [7, 11) is -2.58. The van der Waals surface area contributed by atoms with E-state index in [1.165, 1.54) is 25.3 Å². The van der Waals surface area contributed by atoms with Crippen molar-refractivity contribution in [3.8, 4) is 5.75 Å². The van der Waals surface area contributed by atoms with Crippen LogP contribution in [0, 0.1) is 0 Å². The molecule has 0 spiro atoms. The first-order valence-electron chi connectivity index (χ1n) is 5.09. The van der Waals surface area contributed by atoms with Crippen molar-refractivity contribution < 1.29 is 23.1 Å². The van der Waals surface area contributed by atoms with Crippen LogP contribution in [0.1, 0.15) is 0 Å². The number of nitrogens with one attached hydrogen (secondary N) is 1. The lowest BCUT2D eigenvalue weighted by atomic mass is 10.3. The Labute approximate surface area is 115 Å². The number of benzene rings is 1. The SMILES string of the molecule is COc1ccc(Cl)c(S(=O)(=O)NCC(N)C(=O)O)c1. The minimum atomic E-state index is -3.96. The highest BCUT2D eigenvalue weighted by Crippen LogP contribution is 2.25. The zero-order valence-corrected chi connectivity index (χ0v) is 11.5. The maximum absolute atomic E-state index is 11.9. The number of ether oxygens (including phenoxy) is 1. The highest BCUT2D eigenvalue weighted by atomic mass is 35.5. The van der Waals surface area contributed by atoms with E-state index in [0.717, 1.165) is 0 Å². The Morgan fingerprint density at radius 2 is 2.21 bits per heavy atom. The summed E-state index contributed by atoms with van der Waals surface area (Å²) in [5.74, 6) is -0.994. The van der Waals surface area contributed by atoms with Crippen molar-refractivity contribution in [1.29, 1.82) is 0 Å². The maximum Gasteiger partial charge on any atom is 0.321 e. The summed E-state index contributed by atoms with van der Waals surface area (Å²) in [5.41, 5.74) is 5.21. The number of halogens is 1. The van der Waals surface area contributed by atoms with E-state index in [1.54, 1.807) is 0 Å². The second-order valence-electron chi connectivity index (χ2n) is 3.59. The van der Waals surface area contributed by atoms with E-state index in [0.29, 0.717) is 5.75 Å². The lowest BCUT2D eigenvalue weighted by Crippen LogP contribution is -2.42. The fourth-order valence-corrected chi connectivity index (χ4v) is 2.75. The summed E-state index contributed by atoms with van der Waals surface area (Å²) in [6.45, 7) is -0.439. The fourth-order valence-electron chi connectivity index (χ4n) is 1.18. The fraction of sp³-hybridized carbons (Fsp3) is 0.300. The van der Waals surface area contributed by atoms with E-state index in [4.69, 9.17) is 27.2 Å². The number of rotatable bonds is 6. The first-order chi connectivity index (χ1) is 8.77. The van der Waals surface area contributed by atoms with E-state index in [2.05, 4.69) is 4.72 Å². The first-order valence-corrected chi connectivity index (χ1v) is 6.95. The summed E-state index contributed by atoms with van der Waals surface area (Å²) in [4.78, 5) is 10.3. The van der Waals surface area contributed by atoms with Crippen molar-refractivity contribution in [3.63, 3.8) is 0 Å². The van der Waals surface area contributed by atoms with Crippen LogP contribution in [0.15, 0.2) is 23.1 Å². The Morgan fingerprint density at radius 3 is 2.74 bits per heavy atom. The van der Waals surface area contributed by atoms with Gasteiger partial charge in [0, 0.05) is 12.6 Å². The molecule has 0 fully saturated rings. The topological polar surface area (TPSA) is 119 Å². The van der Waals surface area contributed by atoms with Gasteiger partial charge in [-0.15, -0.1) is 0 Å². The standard InChI is InChI=1S/C10H13ClN2O5S/c1-18-6-2-3-7(11)9(4-6)19(16,17)13-5-8(12)10(14)15/h2-4,8,13H,5,12H2,1H3,(H,14,15). The van der Waals surface area contributed by atoms with Gasteiger partial charge in [-0.3, -0.25) is 4.79 Å². The van der Waals surface area contributed by atoms with Crippen molar-refractivity contribution in [2.75, 3.05) is 13.7 Å². The monoisotopic (exact) mass is 308 g/mol. The molecule has 1 unspecified atom stereocenters. The molecule has 1 aromatic rings. The van der Waals surface area contributed by atoms with Crippen molar-refractivity contribution >= 4 is 27.6 Å². The summed E-state index contributed by atoms with van der Waals surface area (Å²) in [5, 5.41) is 8.58. The van der Waals surface area contributed by atoms with Crippen LogP contribution in [-0.4, -0.2) is 39.2 Å². The lowest BCUT2D eigenvalue weighted by Gasteiger charge is -2.11. The number of carbonyl (C=O) groups is 1. The van der Waals surface area contributed by atoms with Crippen molar-refractivity contribution in [1.82, 2.24) is 4.72 Å². The van der Waals surface area contributed by atoms with Gasteiger partial charge in [-0.05, 0) is 12.1 Å². The van der Waals surface area contributed by atoms with E-state index < -0.39 is 28.6 Å². The van der Waals surface area contributed by atoms with Crippen molar-refractivity contribution in [2.24, 2.45) is 5.73 Å². The number of carboxylic acid groups (broad SMARTS) is 1. The number of aliphatic carboxylic acids is 1. The Hall–Kier alpha value is -1.35. The van der Waals surface area contributed by atoms with Gasteiger partial charge in [-0.2, -0.15) is 0 Å². The molecule has 0 saturated carbocycles. The third-order valence-electron chi connectivity index (χ3n) is 2.24. The minimum absolute atomic E-state index is 0.00260. The molecule has 0 aromatic heterocycles. The quantitative estimate of drug-likeness (QED) is 0.682. The van der Waals surface area contributed by atoms with Crippen molar-refractivity contribution in [3.05, 3.63) is 23.2 Å². The molecule has 4 N–H and O–H groups in total. The number of sulfonamides is 1. The van der Waals surface area contributed by atoms with Gasteiger partial charge < -0.3 is 15.6 Å². The molecule has 0 aliphatic carbocycles. The molecule has 1 atom stereocenters. The molecule has 0 radical (unpaired) electrons. The van der Waals surface area contributed by atoms with Gasteiger partial charge in [-0.1, -0.05) is 11.6 Å². The van der Waals surface area contributed by atoms with Gasteiger partial charge in [0.1, 0.15) is 16.7 Å². The second-order valence-corrected chi connectivity index (χ2v) is 5.74. The van der Waals surface area contributed by atoms with Gasteiger partial charge in [0.05, 0.1) is 12.1 Å². The lowest BCUT2D eigenvalue weighted by molar-refractivity contribution is -0.138. The molecule has 19 heavy (non-hydrogen) atoms. The second kappa shape index (κ2) is 6.20. The van der Waals surface area contributed by atoms with Crippen LogP contribution < -0.4 is 15.2 Å². The van der Waals surface area contributed by atoms with Gasteiger partial charge in [-0.25, -0.2) is 13.1 Å². The maximum atomic E-state index is 11.9. The Bertz CT molecular complexity index is 575. The third-order valence-corrected chi connectivity index (χ3v) is 4.14. The molecule has 0 aliphatic heterocycles. The van der Waals surface area contributed by atoms with Gasteiger partial charge in [0.15, 0.2) is 0 Å². The van der Waals surface area contributed by atoms with Crippen LogP contribution in [0.5, 0.6) is 5.75 Å². The highest BCUT2D eigenvalue weighted by Gasteiger charge is 2.21. The molecule has 106 valence electrons. The summed E-state index contributed by atoms with van der Waals surface area (Å²) >= 11 is 5.79. The molecule has 0 amide bonds. The predicted octanol–water partition coefficient (Wildman–Crippen LogP) is 0.0388. The zero-order chi connectivity index (χ0) is 14.6. The zero-order valence-electron chi connectivity index (χ0n) is 9.96. The largest absolute Gasteiger partial charge is 0.497 e. The van der Waals surface area contributed by atoms with Gasteiger partial charge in [0.2, 0.25) is 10.0 Å². The molecule has 1 aromatic carbocycles. The normalized spacial score (nSPS) is 13.0. The number of hydrogen-bond donors (Lipinski definition) is 3. The minimum Gasteiger partial charge on any atom is -0.497 e. The third kappa shape index (κ3) is 4.06. The number of hydrogen-bond acceptors (Lipinski definition) is 5. The van der Waals surface area contributed by atoms with Crippen LogP contribution >= 0.6 is 11.6 Å². The molecule has 7 nitrogen and oxygen atoms in total. The number of methoxy groups -OCH3 is 1. The highest BCUT2D eigenvalue weighted by molar-refractivity contribution is 7.89. The summed E-state index contributed by atoms with van der Waals surface area (Å²) < 4.78 is 30.9. The van der Waals surface area contributed by atoms with E-state index in [1.807, 2.05) is 0 Å². The molecular formula is C10H13ClN2O5S. The first kappa shape index (κ1) is 15.7. The molecule has 0 heterocycles. The summed E-state index contributed by atoms with van der Waals surface area (Å²) in [6.07, 6.45) is 0. The van der Waals surface area contributed by atoms with Crippen LogP contribution in [0.4, 0.5) is 0 Å². The van der Waals surface area contributed by atoms with Crippen LogP contribution in [0.3, 0.4) is 0 Å². The predicted molar refractivity (Wildman–Crippen MR) is 68.8 cm³/mol. The Kier molecular flexibility index (Phi) is 5.12. The van der Waals surface area contributed by atoms with E-state index >= 15 is 0 Å². The van der Waals surface area contributed by atoms with E-state index in [9.17, 15) is 13.2 Å². The molecule has 0 saturated heterocycles. The molecule has 1 rings (SSSR count). The molecular weight excluding hydrogens is 296 g/mol. The van der Waals surface area contributed by atoms with Crippen LogP contribution in [0.25, 0.3) is 0 Å². The average molecular weight is 309 g/mol. The Balaban J connectivity index is 2.97. The smallest absolute Gasteiger partial charge is 0.321 e. The van der Waals surface area contributed by atoms with E-state index in [-0.39, 0.29) is 9.92 Å². The van der Waals surface area contributed by atoms with Crippen LogP contribution in [0.2, 0.25) is 5.02 Å². The molecule has 0 aliphatic rings. The van der Waals surface area contributed by atoms with Gasteiger partial charge >= 0.3 is 5.97 Å². The number of carboxylic acids is 1. The average Bonchev–Trinajstić information content (AvgIpc) is 2.36.